The molecule has 0 fully saturated rings. The average Bonchev–Trinajstić information content (AvgIpc) is 1.72. The molecule has 3 aliphatic rings. The zero-order chi connectivity index (χ0) is 92.3. The summed E-state index contributed by atoms with van der Waals surface area (Å²) in [4.78, 5) is 51.3. The number of aliphatic hydroxyl groups is 1. The predicted molar refractivity (Wildman–Crippen MR) is 483 cm³/mol. The van der Waals surface area contributed by atoms with Crippen molar-refractivity contribution >= 4 is 63.3 Å². The Morgan fingerprint density at radius 1 is 0.336 bits per heavy atom. The number of alkyl halides is 12. The van der Waals surface area contributed by atoms with E-state index in [4.69, 9.17) is 28.8 Å². The van der Waals surface area contributed by atoms with Crippen LogP contribution in [0.5, 0.6) is 17.2 Å². The summed E-state index contributed by atoms with van der Waals surface area (Å²) in [5.41, 5.74) is 8.91. The van der Waals surface area contributed by atoms with Crippen LogP contribution in [0.4, 0.5) is 52.7 Å². The first-order valence-electron chi connectivity index (χ1n) is 41.6. The lowest BCUT2D eigenvalue weighted by atomic mass is 10.0. The minimum Gasteiger partial charge on any atom is -0.478 e. The number of fused-ring (bicyclic) bond motifs is 3. The number of hydrogen-bond acceptors (Lipinski definition) is 16. The third kappa shape index (κ3) is 26.7. The predicted octanol–water partition coefficient (Wildman–Crippen LogP) is 25.6. The van der Waals surface area contributed by atoms with Gasteiger partial charge in [-0.15, -0.1) is 45.3 Å². The number of carbonyl (C=O) groups excluding carboxylic acids is 2. The molecule has 0 spiro atoms. The van der Waals surface area contributed by atoms with Gasteiger partial charge in [0.25, 0.3) is 0 Å². The van der Waals surface area contributed by atoms with Crippen molar-refractivity contribution in [1.29, 1.82) is 0 Å². The van der Waals surface area contributed by atoms with E-state index < -0.39 is 81.7 Å². The van der Waals surface area contributed by atoms with E-state index in [1.165, 1.54) is 97.5 Å². The molecule has 7 heterocycles. The number of benzene rings is 7. The quantitative estimate of drug-likeness (QED) is 0.0490. The highest BCUT2D eigenvalue weighted by molar-refractivity contribution is 7.16. The summed E-state index contributed by atoms with van der Waals surface area (Å²) in [6.45, 7) is 29.7. The smallest absolute Gasteiger partial charge is 0.416 e. The zero-order valence-electron chi connectivity index (χ0n) is 72.6. The Bertz CT molecular complexity index is 5400. The molecule has 7 aromatic carbocycles. The molecule has 0 radical (unpaired) electrons. The van der Waals surface area contributed by atoms with Gasteiger partial charge in [0.15, 0.2) is 16.8 Å². The van der Waals surface area contributed by atoms with Gasteiger partial charge in [0.05, 0.1) is 42.1 Å². The van der Waals surface area contributed by atoms with Crippen molar-refractivity contribution in [2.24, 2.45) is 0 Å². The topological polar surface area (TPSA) is 148 Å². The first-order valence-corrected chi connectivity index (χ1v) is 44.9. The number of nitrogens with zero attached hydrogens (tertiary/aromatic N) is 3. The molecule has 2 N–H and O–H groups in total. The molecule has 14 rings (SSSR count). The molecule has 0 atom stereocenters. The van der Waals surface area contributed by atoms with Crippen LogP contribution in [-0.2, 0) is 113 Å². The standard InChI is InChI=1S/2C29H32F3NO3S.C27H28F3NO3S.C13H11F3OS.CH4/c2*1-5-35-27(34)28(3,4)36-24-11-8-20-12-14-33(15-13-22(20)17-24)18-26-19(2)16-25(37-26)21-6-9-23(10-7-21)29(30,31)32;1-17-14-23(19-4-7-21(8-5-19)27(28,29)30)35-24(17)16-31-12-10-18-6-9-22(15-20(18)11-13-31)34-26(2,3)25(32)33;1-8-6-11(18-12(8)7-17)9-2-4-10(5-3-9)13(14,15)16;/h2*6-11,16-17H,5,12-15,18H2,1-4H3;4-9,14-15H,10-13,16H2,1-3H3,(H,32,33);2-6,17H,7H2,1H3;1H4. The lowest BCUT2D eigenvalue weighted by Gasteiger charge is -2.24. The van der Waals surface area contributed by atoms with E-state index in [1.54, 1.807) is 99.8 Å². The Labute approximate surface area is 755 Å². The molecule has 13 nitrogen and oxygen atoms in total. The van der Waals surface area contributed by atoms with Gasteiger partial charge in [-0.3, -0.25) is 14.7 Å². The molecular weight excluding hydrogens is 1750 g/mol. The first kappa shape index (κ1) is 100. The van der Waals surface area contributed by atoms with Gasteiger partial charge in [-0.25, -0.2) is 14.4 Å². The minimum absolute atomic E-state index is 0. The van der Waals surface area contributed by atoms with Gasteiger partial charge in [-0.1, -0.05) is 74.2 Å². The van der Waals surface area contributed by atoms with E-state index >= 15 is 0 Å². The van der Waals surface area contributed by atoms with E-state index in [0.717, 1.165) is 215 Å². The van der Waals surface area contributed by atoms with Crippen LogP contribution in [0.25, 0.3) is 41.8 Å². The molecule has 128 heavy (non-hydrogen) atoms. The highest BCUT2D eigenvalue weighted by Crippen LogP contribution is 2.42. The highest BCUT2D eigenvalue weighted by atomic mass is 32.1. The molecule has 0 saturated heterocycles. The summed E-state index contributed by atoms with van der Waals surface area (Å²) in [7, 11) is 0. The van der Waals surface area contributed by atoms with Crippen LogP contribution >= 0.6 is 45.3 Å². The summed E-state index contributed by atoms with van der Waals surface area (Å²) in [5, 5.41) is 18.4. The first-order chi connectivity index (χ1) is 59.7. The average molecular weight is 1860 g/mol. The van der Waals surface area contributed by atoms with Crippen LogP contribution in [0.1, 0.15) is 160 Å². The SMILES string of the molecule is C.CCOC(=O)C(C)(C)Oc1ccc2c(c1)CCN(Cc1sc(-c3ccc(C(F)(F)F)cc3)cc1C)CC2.CCOC(=O)C(C)(C)Oc1ccc2c(c1)CCN(Cc1sc(-c3ccc(C(F)(F)F)cc3)cc1C)CC2.Cc1cc(-c2ccc(C(F)(F)F)cc2)sc1CN1CCc2ccc(OC(C)(C)C(=O)O)cc2CC1.Cc1cc(-c2ccc(C(F)(F)F)cc2)sc1CO. The molecule has 0 bridgehead atoms. The number of aliphatic carboxylic acids is 1. The van der Waals surface area contributed by atoms with Crippen molar-refractivity contribution in [3.8, 4) is 59.0 Å². The number of ether oxygens (including phenoxy) is 5. The Balaban J connectivity index is 0.000000182. The molecule has 0 aliphatic carbocycles. The van der Waals surface area contributed by atoms with Crippen molar-refractivity contribution in [2.75, 3.05) is 52.5 Å². The molecule has 0 amide bonds. The summed E-state index contributed by atoms with van der Waals surface area (Å²) >= 11 is 6.30. The summed E-state index contributed by atoms with van der Waals surface area (Å²) in [6, 6.07) is 47.0. The molecule has 686 valence electrons. The van der Waals surface area contributed by atoms with Crippen LogP contribution in [0.15, 0.2) is 176 Å². The Morgan fingerprint density at radius 3 is 0.781 bits per heavy atom. The van der Waals surface area contributed by atoms with E-state index in [1.807, 2.05) is 68.4 Å². The number of rotatable bonds is 22. The molecule has 11 aromatic rings. The van der Waals surface area contributed by atoms with Crippen LogP contribution in [0.2, 0.25) is 0 Å². The summed E-state index contributed by atoms with van der Waals surface area (Å²) < 4.78 is 181. The number of esters is 2. The third-order valence-corrected chi connectivity index (χ3v) is 27.3. The van der Waals surface area contributed by atoms with E-state index in [0.29, 0.717) is 30.5 Å². The minimum atomic E-state index is -4.33. The Kier molecular flexibility index (Phi) is 33.2. The molecule has 4 aromatic heterocycles. The van der Waals surface area contributed by atoms with Gasteiger partial charge < -0.3 is 33.9 Å². The fourth-order valence-electron chi connectivity index (χ4n) is 14.7. The second-order valence-electron chi connectivity index (χ2n) is 33.0. The fourth-order valence-corrected chi connectivity index (χ4v) is 19.4. The Hall–Kier alpha value is -9.85. The van der Waals surface area contributed by atoms with Crippen molar-refractivity contribution in [3.63, 3.8) is 0 Å². The number of carboxylic acid groups (broad SMARTS) is 1. The molecular formula is C99H107F12N3O10S4. The fraction of sp³-hybridized carbons (Fsp3) is 0.384. The molecule has 0 saturated carbocycles. The normalized spacial score (nSPS) is 14.2. The number of halogens is 12. The number of carboxylic acids is 1. The molecule has 29 heteroatoms. The second kappa shape index (κ2) is 42.4. The van der Waals surface area contributed by atoms with E-state index in [9.17, 15) is 72.2 Å². The zero-order valence-corrected chi connectivity index (χ0v) is 75.9. The summed E-state index contributed by atoms with van der Waals surface area (Å²) in [5.74, 6) is 0.0674. The lowest BCUT2D eigenvalue weighted by Crippen LogP contribution is -2.39. The molecule has 3 aliphatic heterocycles. The van der Waals surface area contributed by atoms with Gasteiger partial charge in [-0.05, 0) is 309 Å². The lowest BCUT2D eigenvalue weighted by molar-refractivity contribution is -0.159. The third-order valence-electron chi connectivity index (χ3n) is 22.2. The van der Waals surface area contributed by atoms with Crippen LogP contribution < -0.4 is 14.2 Å². The monoisotopic (exact) mass is 1850 g/mol. The van der Waals surface area contributed by atoms with E-state index in [2.05, 4.69) is 52.8 Å². The molecule has 0 unspecified atom stereocenters. The van der Waals surface area contributed by atoms with Crippen LogP contribution in [-0.4, -0.2) is 112 Å². The second-order valence-corrected chi connectivity index (χ2v) is 37.6. The van der Waals surface area contributed by atoms with Crippen LogP contribution in [0, 0.1) is 27.7 Å². The maximum absolute atomic E-state index is 12.9. The van der Waals surface area contributed by atoms with Gasteiger partial charge >= 0.3 is 42.6 Å². The van der Waals surface area contributed by atoms with Crippen molar-refractivity contribution < 1.29 is 101 Å². The van der Waals surface area contributed by atoms with Gasteiger partial charge in [0.2, 0.25) is 0 Å². The van der Waals surface area contributed by atoms with Crippen molar-refractivity contribution in [1.82, 2.24) is 14.7 Å². The van der Waals surface area contributed by atoms with Gasteiger partial charge in [0.1, 0.15) is 17.2 Å². The largest absolute Gasteiger partial charge is 0.478 e. The van der Waals surface area contributed by atoms with Gasteiger partial charge in [-0.2, -0.15) is 52.7 Å². The Morgan fingerprint density at radius 2 is 0.562 bits per heavy atom. The van der Waals surface area contributed by atoms with E-state index in [-0.39, 0.29) is 14.0 Å². The van der Waals surface area contributed by atoms with Crippen LogP contribution in [0.3, 0.4) is 0 Å². The van der Waals surface area contributed by atoms with Crippen molar-refractivity contribution in [2.45, 2.75) is 197 Å². The number of aryl methyl sites for hydroxylation is 4. The number of aliphatic hydroxyl groups excluding tert-OH is 1. The maximum atomic E-state index is 12.9. The van der Waals surface area contributed by atoms with Crippen molar-refractivity contribution in [3.05, 3.63) is 273 Å². The maximum Gasteiger partial charge on any atom is 0.416 e. The number of hydrogen-bond donors (Lipinski definition) is 2. The number of thiophene rings is 4. The highest BCUT2D eigenvalue weighted by Gasteiger charge is 2.37. The van der Waals surface area contributed by atoms with Gasteiger partial charge in [0, 0.05) is 97.9 Å². The number of carbonyl (C=O) groups is 3. The summed E-state index contributed by atoms with van der Waals surface area (Å²) in [6.07, 6.45) is -12.0.